The Kier molecular flexibility index (Phi) is 5.13. The van der Waals surface area contributed by atoms with Gasteiger partial charge in [-0.15, -0.1) is 0 Å². The first kappa shape index (κ1) is 14.9. The van der Waals surface area contributed by atoms with Crippen molar-refractivity contribution in [3.63, 3.8) is 0 Å². The molecular formula is C12H21N3O2S. The molecule has 1 aromatic carbocycles. The minimum atomic E-state index is -3.55. The fourth-order valence-electron chi connectivity index (χ4n) is 1.60. The summed E-state index contributed by atoms with van der Waals surface area (Å²) in [5, 5.41) is 0. The van der Waals surface area contributed by atoms with Crippen LogP contribution in [0.25, 0.3) is 0 Å². The Bertz CT molecular complexity index is 488. The second-order valence-electron chi connectivity index (χ2n) is 4.44. The van der Waals surface area contributed by atoms with Gasteiger partial charge in [-0.1, -0.05) is 32.4 Å². The average molecular weight is 271 g/mol. The molecule has 2 atom stereocenters. The van der Waals surface area contributed by atoms with Crippen LogP contribution < -0.4 is 16.0 Å². The quantitative estimate of drug-likeness (QED) is 0.543. The van der Waals surface area contributed by atoms with E-state index in [0.29, 0.717) is 5.69 Å². The molecule has 0 saturated heterocycles. The van der Waals surface area contributed by atoms with Crippen molar-refractivity contribution in [3.05, 3.63) is 24.3 Å². The van der Waals surface area contributed by atoms with E-state index in [1.54, 1.807) is 18.2 Å². The third kappa shape index (κ3) is 3.44. The summed E-state index contributed by atoms with van der Waals surface area (Å²) in [6.45, 7) is 5.91. The second kappa shape index (κ2) is 6.17. The molecule has 0 spiro atoms. The van der Waals surface area contributed by atoms with Crippen molar-refractivity contribution in [2.75, 3.05) is 5.43 Å². The normalized spacial score (nSPS) is 15.1. The first-order chi connectivity index (χ1) is 8.42. The predicted octanol–water partition coefficient (Wildman–Crippen LogP) is 1.69. The molecule has 0 fully saturated rings. The summed E-state index contributed by atoms with van der Waals surface area (Å²) in [5.41, 5.74) is 2.79. The molecule has 0 radical (unpaired) electrons. The topological polar surface area (TPSA) is 84.2 Å². The minimum Gasteiger partial charge on any atom is -0.323 e. The fourth-order valence-corrected chi connectivity index (χ4v) is 3.12. The Morgan fingerprint density at radius 1 is 1.28 bits per heavy atom. The molecule has 1 rings (SSSR count). The fraction of sp³-hybridized carbons (Fsp3) is 0.500. The van der Waals surface area contributed by atoms with Crippen LogP contribution in [0.4, 0.5) is 5.69 Å². The first-order valence-corrected chi connectivity index (χ1v) is 7.48. The van der Waals surface area contributed by atoms with Crippen molar-refractivity contribution in [2.45, 2.75) is 38.1 Å². The zero-order chi connectivity index (χ0) is 13.8. The van der Waals surface area contributed by atoms with Crippen LogP contribution in [0.15, 0.2) is 29.2 Å². The van der Waals surface area contributed by atoms with Crippen LogP contribution in [0.5, 0.6) is 0 Å². The van der Waals surface area contributed by atoms with E-state index in [0.717, 1.165) is 6.42 Å². The lowest BCUT2D eigenvalue weighted by molar-refractivity contribution is 0.434. The molecule has 0 heterocycles. The van der Waals surface area contributed by atoms with Gasteiger partial charge in [0.15, 0.2) is 0 Å². The van der Waals surface area contributed by atoms with Gasteiger partial charge in [0.1, 0.15) is 4.90 Å². The molecule has 0 bridgehead atoms. The Morgan fingerprint density at radius 3 is 2.44 bits per heavy atom. The van der Waals surface area contributed by atoms with E-state index in [-0.39, 0.29) is 16.9 Å². The number of hydrazine groups is 1. The van der Waals surface area contributed by atoms with Gasteiger partial charge in [0.05, 0.1) is 5.69 Å². The number of sulfonamides is 1. The summed E-state index contributed by atoms with van der Waals surface area (Å²) in [4.78, 5) is 0.169. The minimum absolute atomic E-state index is 0.120. The number of para-hydroxylation sites is 1. The third-order valence-electron chi connectivity index (χ3n) is 3.17. The first-order valence-electron chi connectivity index (χ1n) is 6.00. The van der Waals surface area contributed by atoms with Gasteiger partial charge < -0.3 is 5.43 Å². The van der Waals surface area contributed by atoms with E-state index in [1.807, 2.05) is 20.8 Å². The summed E-state index contributed by atoms with van der Waals surface area (Å²) < 4.78 is 27.1. The van der Waals surface area contributed by atoms with Crippen molar-refractivity contribution >= 4 is 15.7 Å². The van der Waals surface area contributed by atoms with Crippen molar-refractivity contribution in [3.8, 4) is 0 Å². The van der Waals surface area contributed by atoms with Crippen LogP contribution in [-0.4, -0.2) is 14.5 Å². The van der Waals surface area contributed by atoms with E-state index >= 15 is 0 Å². The standard InChI is InChI=1S/C12H21N3O2S/c1-4-9(2)10(3)15-18(16,17)12-8-6-5-7-11(12)14-13/h5-10,14-15H,4,13H2,1-3H3. The van der Waals surface area contributed by atoms with Crippen LogP contribution in [-0.2, 0) is 10.0 Å². The SMILES string of the molecule is CCC(C)C(C)NS(=O)(=O)c1ccccc1NN. The van der Waals surface area contributed by atoms with Crippen molar-refractivity contribution in [2.24, 2.45) is 11.8 Å². The number of nitrogens with one attached hydrogen (secondary N) is 2. The van der Waals surface area contributed by atoms with Crippen LogP contribution in [0.2, 0.25) is 0 Å². The van der Waals surface area contributed by atoms with Gasteiger partial charge in [-0.2, -0.15) is 0 Å². The zero-order valence-corrected chi connectivity index (χ0v) is 11.8. The number of rotatable bonds is 6. The van der Waals surface area contributed by atoms with Gasteiger partial charge >= 0.3 is 0 Å². The number of nitrogen functional groups attached to an aromatic ring is 1. The van der Waals surface area contributed by atoms with Gasteiger partial charge in [0.25, 0.3) is 0 Å². The number of benzene rings is 1. The van der Waals surface area contributed by atoms with Crippen molar-refractivity contribution in [1.82, 2.24) is 4.72 Å². The second-order valence-corrected chi connectivity index (χ2v) is 6.12. The molecule has 0 saturated carbocycles. The van der Waals surface area contributed by atoms with E-state index in [2.05, 4.69) is 10.1 Å². The number of nitrogens with two attached hydrogens (primary N) is 1. The molecule has 0 aliphatic heterocycles. The van der Waals surface area contributed by atoms with E-state index in [9.17, 15) is 8.42 Å². The Balaban J connectivity index is 3.00. The number of hydrogen-bond donors (Lipinski definition) is 3. The average Bonchev–Trinajstić information content (AvgIpc) is 2.37. The highest BCUT2D eigenvalue weighted by Crippen LogP contribution is 2.20. The van der Waals surface area contributed by atoms with Crippen LogP contribution >= 0.6 is 0 Å². The summed E-state index contributed by atoms with van der Waals surface area (Å²) in [7, 11) is -3.55. The molecule has 102 valence electrons. The summed E-state index contributed by atoms with van der Waals surface area (Å²) >= 11 is 0. The molecule has 0 aromatic heterocycles. The molecule has 2 unspecified atom stereocenters. The lowest BCUT2D eigenvalue weighted by Crippen LogP contribution is -2.37. The van der Waals surface area contributed by atoms with E-state index in [1.165, 1.54) is 6.07 Å². The maximum absolute atomic E-state index is 12.2. The summed E-state index contributed by atoms with van der Waals surface area (Å²) in [6.07, 6.45) is 0.917. The largest absolute Gasteiger partial charge is 0.323 e. The smallest absolute Gasteiger partial charge is 0.242 e. The molecule has 0 amide bonds. The van der Waals surface area contributed by atoms with Crippen LogP contribution in [0.1, 0.15) is 27.2 Å². The molecular weight excluding hydrogens is 250 g/mol. The zero-order valence-electron chi connectivity index (χ0n) is 11.0. The summed E-state index contributed by atoms with van der Waals surface area (Å²) in [5.74, 6) is 5.60. The molecule has 18 heavy (non-hydrogen) atoms. The van der Waals surface area contributed by atoms with Gasteiger partial charge in [-0.25, -0.2) is 13.1 Å². The summed E-state index contributed by atoms with van der Waals surface area (Å²) in [6, 6.07) is 6.43. The van der Waals surface area contributed by atoms with Gasteiger partial charge in [0.2, 0.25) is 10.0 Å². The number of anilines is 1. The lowest BCUT2D eigenvalue weighted by atomic mass is 10.0. The highest BCUT2D eigenvalue weighted by atomic mass is 32.2. The van der Waals surface area contributed by atoms with Gasteiger partial charge in [0, 0.05) is 6.04 Å². The van der Waals surface area contributed by atoms with Crippen LogP contribution in [0, 0.1) is 5.92 Å². The molecule has 0 aliphatic carbocycles. The van der Waals surface area contributed by atoms with E-state index < -0.39 is 10.0 Å². The highest BCUT2D eigenvalue weighted by Gasteiger charge is 2.22. The molecule has 1 aromatic rings. The molecule has 4 N–H and O–H groups in total. The van der Waals surface area contributed by atoms with Gasteiger partial charge in [-0.3, -0.25) is 5.84 Å². The van der Waals surface area contributed by atoms with Gasteiger partial charge in [-0.05, 0) is 25.0 Å². The van der Waals surface area contributed by atoms with Crippen LogP contribution in [0.3, 0.4) is 0 Å². The predicted molar refractivity (Wildman–Crippen MR) is 73.5 cm³/mol. The molecule has 5 nitrogen and oxygen atoms in total. The van der Waals surface area contributed by atoms with Crippen molar-refractivity contribution < 1.29 is 8.42 Å². The Hall–Kier alpha value is -1.11. The maximum Gasteiger partial charge on any atom is 0.242 e. The molecule has 6 heteroatoms. The monoisotopic (exact) mass is 271 g/mol. The highest BCUT2D eigenvalue weighted by molar-refractivity contribution is 7.89. The number of hydrogen-bond acceptors (Lipinski definition) is 4. The lowest BCUT2D eigenvalue weighted by Gasteiger charge is -2.20. The van der Waals surface area contributed by atoms with Crippen molar-refractivity contribution in [1.29, 1.82) is 0 Å². The van der Waals surface area contributed by atoms with E-state index in [4.69, 9.17) is 5.84 Å². The maximum atomic E-state index is 12.2. The molecule has 0 aliphatic rings. The Morgan fingerprint density at radius 2 is 1.89 bits per heavy atom. The Labute approximate surface area is 109 Å². The third-order valence-corrected chi connectivity index (χ3v) is 4.79.